The fourth-order valence-electron chi connectivity index (χ4n) is 1.80. The molecule has 1 aliphatic heterocycles. The van der Waals surface area contributed by atoms with Crippen molar-refractivity contribution >= 4 is 12.4 Å². The lowest BCUT2D eigenvalue weighted by Crippen LogP contribution is -2.40. The molecule has 0 radical (unpaired) electrons. The smallest absolute Gasteiger partial charge is 0.147 e. The number of halogens is 1. The third kappa shape index (κ3) is 0.881. The minimum atomic E-state index is 0. The fourth-order valence-corrected chi connectivity index (χ4v) is 1.80. The summed E-state index contributed by atoms with van der Waals surface area (Å²) in [5, 5.41) is 7.65. The Bertz CT molecular complexity index is 291. The van der Waals surface area contributed by atoms with E-state index >= 15 is 0 Å². The van der Waals surface area contributed by atoms with Gasteiger partial charge in [0.2, 0.25) is 0 Å². The number of aromatic nitrogens is 3. The largest absolute Gasteiger partial charge is 0.303 e. The molecule has 1 spiro atoms. The number of nitrogens with zero attached hydrogens (tertiary/aromatic N) is 3. The van der Waals surface area contributed by atoms with Gasteiger partial charge in [-0.05, 0) is 12.8 Å². The van der Waals surface area contributed by atoms with Crippen LogP contribution in [0.15, 0.2) is 6.33 Å². The lowest BCUT2D eigenvalue weighted by molar-refractivity contribution is 0.376. The number of fused-ring (bicyclic) bond motifs is 2. The average Bonchev–Trinajstić information content (AvgIpc) is 2.63. The summed E-state index contributed by atoms with van der Waals surface area (Å²) in [7, 11) is 0. The van der Waals surface area contributed by atoms with Gasteiger partial charge in [-0.1, -0.05) is 0 Å². The molecular formula is C7H11ClN4. The Hall–Kier alpha value is -0.610. The highest BCUT2D eigenvalue weighted by Gasteiger charge is 2.49. The molecule has 1 saturated carbocycles. The SMILES string of the molecule is Cl.c1nc2n(n1)CCNC21CC1. The zero-order chi connectivity index (χ0) is 7.31. The zero-order valence-corrected chi connectivity index (χ0v) is 7.47. The van der Waals surface area contributed by atoms with Crippen molar-refractivity contribution in [3.8, 4) is 0 Å². The van der Waals surface area contributed by atoms with E-state index in [4.69, 9.17) is 0 Å². The summed E-state index contributed by atoms with van der Waals surface area (Å²) in [5.41, 5.74) is 0.231. The van der Waals surface area contributed by atoms with E-state index in [-0.39, 0.29) is 17.9 Å². The second-order valence-corrected chi connectivity index (χ2v) is 3.32. The molecule has 66 valence electrons. The topological polar surface area (TPSA) is 42.7 Å². The highest BCUT2D eigenvalue weighted by molar-refractivity contribution is 5.85. The van der Waals surface area contributed by atoms with Crippen LogP contribution < -0.4 is 5.32 Å². The van der Waals surface area contributed by atoms with E-state index in [1.54, 1.807) is 6.33 Å². The highest BCUT2D eigenvalue weighted by Crippen LogP contribution is 2.45. The Kier molecular flexibility index (Phi) is 1.63. The molecular weight excluding hydrogens is 176 g/mol. The van der Waals surface area contributed by atoms with Crippen LogP contribution in [0.3, 0.4) is 0 Å². The molecule has 1 N–H and O–H groups in total. The maximum Gasteiger partial charge on any atom is 0.147 e. The first-order chi connectivity index (χ1) is 5.41. The van der Waals surface area contributed by atoms with Crippen molar-refractivity contribution in [1.82, 2.24) is 20.1 Å². The van der Waals surface area contributed by atoms with Crippen LogP contribution in [0.4, 0.5) is 0 Å². The Morgan fingerprint density at radius 3 is 3.08 bits per heavy atom. The molecule has 1 fully saturated rings. The Morgan fingerprint density at radius 1 is 1.50 bits per heavy atom. The lowest BCUT2D eigenvalue weighted by Gasteiger charge is -2.22. The Balaban J connectivity index is 0.000000563. The summed E-state index contributed by atoms with van der Waals surface area (Å²) in [5.74, 6) is 1.14. The number of hydrogen-bond acceptors (Lipinski definition) is 3. The normalized spacial score (nSPS) is 23.0. The van der Waals surface area contributed by atoms with Crippen LogP contribution in [0.1, 0.15) is 18.7 Å². The van der Waals surface area contributed by atoms with Crippen LogP contribution in [0.25, 0.3) is 0 Å². The van der Waals surface area contributed by atoms with Gasteiger partial charge in [0.05, 0.1) is 12.1 Å². The van der Waals surface area contributed by atoms with E-state index in [2.05, 4.69) is 15.4 Å². The molecule has 2 heterocycles. The van der Waals surface area contributed by atoms with Crippen molar-refractivity contribution in [1.29, 1.82) is 0 Å². The van der Waals surface area contributed by atoms with Gasteiger partial charge in [0.1, 0.15) is 12.2 Å². The molecule has 3 rings (SSSR count). The van der Waals surface area contributed by atoms with Gasteiger partial charge in [0, 0.05) is 6.54 Å². The van der Waals surface area contributed by atoms with E-state index in [1.165, 1.54) is 12.8 Å². The van der Waals surface area contributed by atoms with Gasteiger partial charge in [-0.2, -0.15) is 5.10 Å². The minimum Gasteiger partial charge on any atom is -0.303 e. The molecule has 1 aliphatic carbocycles. The lowest BCUT2D eigenvalue weighted by atomic mass is 10.2. The van der Waals surface area contributed by atoms with Crippen molar-refractivity contribution < 1.29 is 0 Å². The second-order valence-electron chi connectivity index (χ2n) is 3.32. The molecule has 0 bridgehead atoms. The Morgan fingerprint density at radius 2 is 2.33 bits per heavy atom. The van der Waals surface area contributed by atoms with Crippen molar-refractivity contribution in [3.05, 3.63) is 12.2 Å². The fraction of sp³-hybridized carbons (Fsp3) is 0.714. The maximum absolute atomic E-state index is 4.26. The van der Waals surface area contributed by atoms with E-state index in [0.717, 1.165) is 18.9 Å². The second kappa shape index (κ2) is 2.44. The molecule has 0 saturated heterocycles. The van der Waals surface area contributed by atoms with Gasteiger partial charge in [0.25, 0.3) is 0 Å². The average molecular weight is 187 g/mol. The van der Waals surface area contributed by atoms with Crippen molar-refractivity contribution in [2.75, 3.05) is 6.54 Å². The standard InChI is InChI=1S/C7H10N4.ClH/c1-2-7(1)6-8-5-10-11(6)4-3-9-7;/h5,9H,1-4H2;1H. The van der Waals surface area contributed by atoms with Crippen LogP contribution in [0.2, 0.25) is 0 Å². The first kappa shape index (κ1) is 8.01. The number of nitrogens with one attached hydrogen (secondary N) is 1. The van der Waals surface area contributed by atoms with Gasteiger partial charge in [-0.25, -0.2) is 9.67 Å². The molecule has 1 aromatic heterocycles. The molecule has 0 aromatic carbocycles. The van der Waals surface area contributed by atoms with Gasteiger partial charge < -0.3 is 5.32 Å². The number of hydrogen-bond donors (Lipinski definition) is 1. The summed E-state index contributed by atoms with van der Waals surface area (Å²) in [6.45, 7) is 2.01. The zero-order valence-electron chi connectivity index (χ0n) is 6.66. The van der Waals surface area contributed by atoms with Crippen molar-refractivity contribution in [2.45, 2.75) is 24.9 Å². The third-order valence-corrected chi connectivity index (χ3v) is 2.58. The molecule has 1 aromatic rings. The molecule has 2 aliphatic rings. The summed E-state index contributed by atoms with van der Waals surface area (Å²) < 4.78 is 2.02. The van der Waals surface area contributed by atoms with Gasteiger partial charge >= 0.3 is 0 Å². The van der Waals surface area contributed by atoms with Gasteiger partial charge in [-0.3, -0.25) is 0 Å². The van der Waals surface area contributed by atoms with Crippen molar-refractivity contribution in [3.63, 3.8) is 0 Å². The molecule has 0 amide bonds. The third-order valence-electron chi connectivity index (χ3n) is 2.58. The van der Waals surface area contributed by atoms with Gasteiger partial charge in [-0.15, -0.1) is 12.4 Å². The Labute approximate surface area is 76.8 Å². The van der Waals surface area contributed by atoms with Crippen LogP contribution in [-0.4, -0.2) is 21.3 Å². The van der Waals surface area contributed by atoms with E-state index in [9.17, 15) is 0 Å². The molecule has 0 unspecified atom stereocenters. The summed E-state index contributed by atoms with van der Waals surface area (Å²) in [4.78, 5) is 4.26. The molecule has 0 atom stereocenters. The van der Waals surface area contributed by atoms with Crippen LogP contribution in [0.5, 0.6) is 0 Å². The van der Waals surface area contributed by atoms with E-state index in [1.807, 2.05) is 4.68 Å². The van der Waals surface area contributed by atoms with Crippen LogP contribution >= 0.6 is 12.4 Å². The first-order valence-corrected chi connectivity index (χ1v) is 4.04. The van der Waals surface area contributed by atoms with E-state index < -0.39 is 0 Å². The predicted molar refractivity (Wildman–Crippen MR) is 46.2 cm³/mol. The van der Waals surface area contributed by atoms with Crippen LogP contribution in [-0.2, 0) is 12.1 Å². The quantitative estimate of drug-likeness (QED) is 0.634. The molecule has 4 nitrogen and oxygen atoms in total. The highest BCUT2D eigenvalue weighted by atomic mass is 35.5. The maximum atomic E-state index is 4.26. The molecule has 12 heavy (non-hydrogen) atoms. The summed E-state index contributed by atoms with van der Waals surface area (Å²) in [6, 6.07) is 0. The molecule has 5 heteroatoms. The number of rotatable bonds is 0. The minimum absolute atomic E-state index is 0. The van der Waals surface area contributed by atoms with Crippen LogP contribution in [0, 0.1) is 0 Å². The monoisotopic (exact) mass is 186 g/mol. The summed E-state index contributed by atoms with van der Waals surface area (Å²) >= 11 is 0. The van der Waals surface area contributed by atoms with E-state index in [0.29, 0.717) is 0 Å². The summed E-state index contributed by atoms with van der Waals surface area (Å²) in [6.07, 6.45) is 4.11. The predicted octanol–water partition coefficient (Wildman–Crippen LogP) is 0.292. The van der Waals surface area contributed by atoms with Crippen molar-refractivity contribution in [2.24, 2.45) is 0 Å². The first-order valence-electron chi connectivity index (χ1n) is 4.04. The van der Waals surface area contributed by atoms with Gasteiger partial charge in [0.15, 0.2) is 0 Å².